The maximum Gasteiger partial charge on any atom is 0.162 e. The van der Waals surface area contributed by atoms with Crippen molar-refractivity contribution in [1.29, 1.82) is 0 Å². The highest BCUT2D eigenvalue weighted by Gasteiger charge is 2.06. The van der Waals surface area contributed by atoms with Crippen LogP contribution in [-0.4, -0.2) is 5.78 Å². The summed E-state index contributed by atoms with van der Waals surface area (Å²) in [7, 11) is 0. The number of rotatable bonds is 9. The molecule has 0 aliphatic rings. The van der Waals surface area contributed by atoms with E-state index < -0.39 is 0 Å². The summed E-state index contributed by atoms with van der Waals surface area (Å²) in [6, 6.07) is 18.3. The highest BCUT2D eigenvalue weighted by molar-refractivity contribution is 5.96. The fourth-order valence-electron chi connectivity index (χ4n) is 2.69. The van der Waals surface area contributed by atoms with E-state index in [2.05, 4.69) is 19.1 Å². The molecular formula is C21H26O. The average Bonchev–Trinajstić information content (AvgIpc) is 2.59. The lowest BCUT2D eigenvalue weighted by Gasteiger charge is -2.04. The van der Waals surface area contributed by atoms with Crippen LogP contribution in [-0.2, 0) is 0 Å². The summed E-state index contributed by atoms with van der Waals surface area (Å²) in [6.07, 6.45) is 8.01. The van der Waals surface area contributed by atoms with Crippen LogP contribution in [0.1, 0.15) is 62.2 Å². The van der Waals surface area contributed by atoms with E-state index in [-0.39, 0.29) is 5.78 Å². The van der Waals surface area contributed by atoms with Crippen molar-refractivity contribution in [3.8, 4) is 11.1 Å². The Morgan fingerprint density at radius 2 is 1.32 bits per heavy atom. The van der Waals surface area contributed by atoms with E-state index in [1.54, 1.807) is 0 Å². The average molecular weight is 294 g/mol. The van der Waals surface area contributed by atoms with Gasteiger partial charge < -0.3 is 0 Å². The molecule has 1 nitrogen and oxygen atoms in total. The Kier molecular flexibility index (Phi) is 6.89. The Morgan fingerprint density at radius 3 is 2.00 bits per heavy atom. The van der Waals surface area contributed by atoms with Gasteiger partial charge in [-0.3, -0.25) is 4.79 Å². The quantitative estimate of drug-likeness (QED) is 0.392. The zero-order valence-electron chi connectivity index (χ0n) is 13.6. The fourth-order valence-corrected chi connectivity index (χ4v) is 2.69. The van der Waals surface area contributed by atoms with Gasteiger partial charge in [0, 0.05) is 12.0 Å². The minimum Gasteiger partial charge on any atom is -0.294 e. The molecule has 0 saturated carbocycles. The first-order chi connectivity index (χ1) is 10.8. The molecule has 2 aromatic carbocycles. The van der Waals surface area contributed by atoms with Gasteiger partial charge >= 0.3 is 0 Å². The second-order valence-electron chi connectivity index (χ2n) is 5.88. The second kappa shape index (κ2) is 9.19. The van der Waals surface area contributed by atoms with Crippen LogP contribution in [0.15, 0.2) is 54.6 Å². The van der Waals surface area contributed by atoms with Crippen LogP contribution in [0, 0.1) is 0 Å². The third-order valence-electron chi connectivity index (χ3n) is 4.07. The fraction of sp³-hybridized carbons (Fsp3) is 0.381. The SMILES string of the molecule is CCCCCCCCC(=O)c1ccc(-c2ccccc2)cc1. The van der Waals surface area contributed by atoms with Crippen LogP contribution in [0.25, 0.3) is 11.1 Å². The molecule has 0 aliphatic carbocycles. The third-order valence-corrected chi connectivity index (χ3v) is 4.07. The van der Waals surface area contributed by atoms with E-state index >= 15 is 0 Å². The van der Waals surface area contributed by atoms with E-state index in [1.165, 1.54) is 37.7 Å². The molecule has 0 aromatic heterocycles. The number of carbonyl (C=O) groups is 1. The summed E-state index contributed by atoms with van der Waals surface area (Å²) < 4.78 is 0. The number of hydrogen-bond acceptors (Lipinski definition) is 1. The summed E-state index contributed by atoms with van der Waals surface area (Å²) >= 11 is 0. The molecule has 0 saturated heterocycles. The summed E-state index contributed by atoms with van der Waals surface area (Å²) in [5.41, 5.74) is 3.20. The van der Waals surface area contributed by atoms with E-state index in [0.717, 1.165) is 17.5 Å². The van der Waals surface area contributed by atoms with E-state index in [0.29, 0.717) is 6.42 Å². The summed E-state index contributed by atoms with van der Waals surface area (Å²) in [6.45, 7) is 2.22. The molecule has 0 fully saturated rings. The van der Waals surface area contributed by atoms with Crippen LogP contribution in [0.4, 0.5) is 0 Å². The largest absolute Gasteiger partial charge is 0.294 e. The zero-order valence-corrected chi connectivity index (χ0v) is 13.6. The van der Waals surface area contributed by atoms with E-state index in [9.17, 15) is 4.79 Å². The lowest BCUT2D eigenvalue weighted by atomic mass is 10.00. The molecule has 0 atom stereocenters. The van der Waals surface area contributed by atoms with Gasteiger partial charge in [-0.25, -0.2) is 0 Å². The summed E-state index contributed by atoms with van der Waals surface area (Å²) in [5, 5.41) is 0. The normalized spacial score (nSPS) is 10.6. The van der Waals surface area contributed by atoms with Crippen molar-refractivity contribution in [1.82, 2.24) is 0 Å². The van der Waals surface area contributed by atoms with Gasteiger partial charge in [-0.1, -0.05) is 93.6 Å². The van der Waals surface area contributed by atoms with Gasteiger partial charge in [0.15, 0.2) is 5.78 Å². The van der Waals surface area contributed by atoms with Gasteiger partial charge in [-0.2, -0.15) is 0 Å². The Hall–Kier alpha value is -1.89. The molecule has 2 rings (SSSR count). The molecule has 0 aliphatic heterocycles. The lowest BCUT2D eigenvalue weighted by Crippen LogP contribution is -1.98. The van der Waals surface area contributed by atoms with E-state index in [4.69, 9.17) is 0 Å². The van der Waals surface area contributed by atoms with Crippen molar-refractivity contribution >= 4 is 5.78 Å². The van der Waals surface area contributed by atoms with Crippen LogP contribution in [0.5, 0.6) is 0 Å². The molecular weight excluding hydrogens is 268 g/mol. The number of carbonyl (C=O) groups excluding carboxylic acids is 1. The zero-order chi connectivity index (χ0) is 15.6. The van der Waals surface area contributed by atoms with Gasteiger partial charge in [0.2, 0.25) is 0 Å². The Balaban J connectivity index is 1.81. The molecule has 2 aromatic rings. The Bertz CT molecular complexity index is 554. The number of Topliss-reactive ketones (excluding diaryl/α,β-unsaturated/α-hetero) is 1. The molecule has 0 heterocycles. The maximum atomic E-state index is 12.2. The number of hydrogen-bond donors (Lipinski definition) is 0. The van der Waals surface area contributed by atoms with Crippen molar-refractivity contribution in [2.24, 2.45) is 0 Å². The second-order valence-corrected chi connectivity index (χ2v) is 5.88. The molecule has 0 radical (unpaired) electrons. The van der Waals surface area contributed by atoms with Gasteiger partial charge in [-0.05, 0) is 17.5 Å². The molecule has 0 bridgehead atoms. The predicted molar refractivity (Wildman–Crippen MR) is 94.2 cm³/mol. The first-order valence-electron chi connectivity index (χ1n) is 8.50. The van der Waals surface area contributed by atoms with Crippen molar-refractivity contribution in [3.63, 3.8) is 0 Å². The Morgan fingerprint density at radius 1 is 0.727 bits per heavy atom. The van der Waals surface area contributed by atoms with E-state index in [1.807, 2.05) is 42.5 Å². The third kappa shape index (κ3) is 5.14. The molecule has 1 heteroatoms. The van der Waals surface area contributed by atoms with Crippen molar-refractivity contribution < 1.29 is 4.79 Å². The number of benzene rings is 2. The standard InChI is InChI=1S/C21H26O/c1-2-3-4-5-6-10-13-21(22)20-16-14-19(15-17-20)18-11-8-7-9-12-18/h7-9,11-12,14-17H,2-6,10,13H2,1H3. The first kappa shape index (κ1) is 16.5. The van der Waals surface area contributed by atoms with Gasteiger partial charge in [0.25, 0.3) is 0 Å². The topological polar surface area (TPSA) is 17.1 Å². The van der Waals surface area contributed by atoms with Crippen LogP contribution < -0.4 is 0 Å². The number of unbranched alkanes of at least 4 members (excludes halogenated alkanes) is 5. The predicted octanol–water partition coefficient (Wildman–Crippen LogP) is 6.29. The molecule has 0 amide bonds. The minimum atomic E-state index is 0.273. The monoisotopic (exact) mass is 294 g/mol. The van der Waals surface area contributed by atoms with Crippen LogP contribution in [0.2, 0.25) is 0 Å². The number of ketones is 1. The molecule has 0 unspecified atom stereocenters. The van der Waals surface area contributed by atoms with Gasteiger partial charge in [0.1, 0.15) is 0 Å². The minimum absolute atomic E-state index is 0.273. The Labute approximate surface area is 134 Å². The first-order valence-corrected chi connectivity index (χ1v) is 8.50. The van der Waals surface area contributed by atoms with Crippen molar-refractivity contribution in [2.75, 3.05) is 0 Å². The molecule has 22 heavy (non-hydrogen) atoms. The summed E-state index contributed by atoms with van der Waals surface area (Å²) in [4.78, 5) is 12.2. The smallest absolute Gasteiger partial charge is 0.162 e. The van der Waals surface area contributed by atoms with Crippen LogP contribution >= 0.6 is 0 Å². The van der Waals surface area contributed by atoms with Crippen molar-refractivity contribution in [2.45, 2.75) is 51.9 Å². The lowest BCUT2D eigenvalue weighted by molar-refractivity contribution is 0.0979. The molecule has 116 valence electrons. The van der Waals surface area contributed by atoms with Gasteiger partial charge in [-0.15, -0.1) is 0 Å². The van der Waals surface area contributed by atoms with Gasteiger partial charge in [0.05, 0.1) is 0 Å². The molecule has 0 spiro atoms. The summed E-state index contributed by atoms with van der Waals surface area (Å²) in [5.74, 6) is 0.273. The molecule has 0 N–H and O–H groups in total. The maximum absolute atomic E-state index is 12.2. The van der Waals surface area contributed by atoms with Crippen LogP contribution in [0.3, 0.4) is 0 Å². The highest BCUT2D eigenvalue weighted by Crippen LogP contribution is 2.20. The highest BCUT2D eigenvalue weighted by atomic mass is 16.1. The van der Waals surface area contributed by atoms with Crippen molar-refractivity contribution in [3.05, 3.63) is 60.2 Å².